The van der Waals surface area contributed by atoms with Crippen LogP contribution in [0.25, 0.3) is 0 Å². The van der Waals surface area contributed by atoms with E-state index < -0.39 is 0 Å². The monoisotopic (exact) mass is 443 g/mol. The van der Waals surface area contributed by atoms with E-state index in [1.165, 1.54) is 0 Å². The minimum atomic E-state index is -0.275. The van der Waals surface area contributed by atoms with Crippen LogP contribution in [0, 0.1) is 0 Å². The number of rotatable bonds is 6. The molecule has 2 aliphatic rings. The molecule has 164 valence electrons. The van der Waals surface area contributed by atoms with Crippen molar-refractivity contribution in [2.45, 2.75) is 25.6 Å². The SMILES string of the molecule is COC1CN(C/C=C/C(=O)N2CCn3c(C(=O)Nc4ccccc4Cl)cnc3C2C)C1. The van der Waals surface area contributed by atoms with Gasteiger partial charge in [0.05, 0.1) is 29.1 Å². The average Bonchev–Trinajstić information content (AvgIpc) is 3.16. The van der Waals surface area contributed by atoms with Crippen LogP contribution in [-0.4, -0.2) is 70.6 Å². The van der Waals surface area contributed by atoms with Crippen molar-refractivity contribution in [3.05, 3.63) is 59.2 Å². The van der Waals surface area contributed by atoms with Gasteiger partial charge in [0.15, 0.2) is 0 Å². The molecule has 1 unspecified atom stereocenters. The Bertz CT molecular complexity index is 999. The number of hydrogen-bond acceptors (Lipinski definition) is 5. The highest BCUT2D eigenvalue weighted by molar-refractivity contribution is 6.33. The molecule has 0 bridgehead atoms. The molecule has 0 spiro atoms. The second kappa shape index (κ2) is 9.21. The Morgan fingerprint density at radius 1 is 1.29 bits per heavy atom. The summed E-state index contributed by atoms with van der Waals surface area (Å²) in [6.07, 6.45) is 5.37. The lowest BCUT2D eigenvalue weighted by molar-refractivity contribution is -0.129. The van der Waals surface area contributed by atoms with Gasteiger partial charge in [-0.15, -0.1) is 0 Å². The number of aromatic nitrogens is 2. The number of nitrogens with zero attached hydrogens (tertiary/aromatic N) is 4. The zero-order valence-electron chi connectivity index (χ0n) is 17.6. The fraction of sp³-hybridized carbons (Fsp3) is 0.409. The number of methoxy groups -OCH3 is 1. The number of ether oxygens (including phenoxy) is 1. The first-order chi connectivity index (χ1) is 15.0. The maximum Gasteiger partial charge on any atom is 0.273 e. The highest BCUT2D eigenvalue weighted by Crippen LogP contribution is 2.27. The van der Waals surface area contributed by atoms with Crippen molar-refractivity contribution in [2.75, 3.05) is 38.6 Å². The molecule has 2 aromatic rings. The number of halogens is 1. The number of carbonyl (C=O) groups excluding carboxylic acids is 2. The topological polar surface area (TPSA) is 79.7 Å². The Balaban J connectivity index is 1.39. The normalized spacial score (nSPS) is 19.3. The smallest absolute Gasteiger partial charge is 0.273 e. The first-order valence-electron chi connectivity index (χ1n) is 10.3. The third-order valence-electron chi connectivity index (χ3n) is 5.81. The van der Waals surface area contributed by atoms with E-state index in [4.69, 9.17) is 16.3 Å². The molecule has 8 nitrogen and oxygen atoms in total. The summed E-state index contributed by atoms with van der Waals surface area (Å²) < 4.78 is 7.13. The van der Waals surface area contributed by atoms with Crippen LogP contribution in [0.1, 0.15) is 29.3 Å². The number of hydrogen-bond donors (Lipinski definition) is 1. The summed E-state index contributed by atoms with van der Waals surface area (Å²) in [5, 5.41) is 3.31. The van der Waals surface area contributed by atoms with Crippen LogP contribution >= 0.6 is 11.6 Å². The second-order valence-corrected chi connectivity index (χ2v) is 8.18. The van der Waals surface area contributed by atoms with Crippen molar-refractivity contribution >= 4 is 29.1 Å². The van der Waals surface area contributed by atoms with Gasteiger partial charge in [0.25, 0.3) is 5.91 Å². The lowest BCUT2D eigenvalue weighted by Gasteiger charge is -2.37. The summed E-state index contributed by atoms with van der Waals surface area (Å²) in [5.74, 6) is 0.373. The van der Waals surface area contributed by atoms with Crippen LogP contribution in [0.4, 0.5) is 5.69 Å². The number of amides is 2. The Kier molecular flexibility index (Phi) is 6.41. The van der Waals surface area contributed by atoms with E-state index in [0.717, 1.165) is 19.6 Å². The molecule has 4 rings (SSSR count). The van der Waals surface area contributed by atoms with E-state index >= 15 is 0 Å². The third-order valence-corrected chi connectivity index (χ3v) is 6.14. The van der Waals surface area contributed by atoms with E-state index in [1.807, 2.05) is 23.6 Å². The first-order valence-corrected chi connectivity index (χ1v) is 10.7. The maximum absolute atomic E-state index is 12.8. The van der Waals surface area contributed by atoms with Gasteiger partial charge in [-0.2, -0.15) is 0 Å². The number of anilines is 1. The van der Waals surface area contributed by atoms with E-state index in [9.17, 15) is 9.59 Å². The van der Waals surface area contributed by atoms with Crippen LogP contribution < -0.4 is 5.32 Å². The lowest BCUT2D eigenvalue weighted by atomic mass is 10.1. The van der Waals surface area contributed by atoms with Crippen molar-refractivity contribution in [3.63, 3.8) is 0 Å². The number of para-hydroxylation sites is 1. The number of likely N-dealkylation sites (tertiary alicyclic amines) is 1. The van der Waals surface area contributed by atoms with Crippen molar-refractivity contribution < 1.29 is 14.3 Å². The van der Waals surface area contributed by atoms with Crippen LogP contribution in [0.15, 0.2) is 42.6 Å². The molecule has 9 heteroatoms. The Labute approximate surface area is 186 Å². The van der Waals surface area contributed by atoms with Crippen LogP contribution in [-0.2, 0) is 16.1 Å². The molecule has 2 amide bonds. The molecule has 31 heavy (non-hydrogen) atoms. The van der Waals surface area contributed by atoms with Crippen LogP contribution in [0.5, 0.6) is 0 Å². The molecule has 3 heterocycles. The molecule has 1 N–H and O–H groups in total. The second-order valence-electron chi connectivity index (χ2n) is 7.77. The third kappa shape index (κ3) is 4.51. The number of fused-ring (bicyclic) bond motifs is 1. The predicted octanol–water partition coefficient (Wildman–Crippen LogP) is 2.58. The molecular weight excluding hydrogens is 418 g/mol. The molecule has 1 aromatic carbocycles. The number of benzene rings is 1. The Morgan fingerprint density at radius 2 is 2.06 bits per heavy atom. The van der Waals surface area contributed by atoms with E-state index in [2.05, 4.69) is 15.2 Å². The van der Waals surface area contributed by atoms with Gasteiger partial charge in [-0.1, -0.05) is 29.8 Å². The Hall–Kier alpha value is -2.68. The zero-order chi connectivity index (χ0) is 22.0. The van der Waals surface area contributed by atoms with Crippen LogP contribution in [0.3, 0.4) is 0 Å². The first kappa shape index (κ1) is 21.5. The van der Waals surface area contributed by atoms with E-state index in [-0.39, 0.29) is 17.9 Å². The maximum atomic E-state index is 12.8. The standard InChI is InChI=1S/C22H26ClN5O3/c1-15-21-24-12-19(22(30)25-18-7-4-3-6-17(18)23)28(21)11-10-27(15)20(29)8-5-9-26-13-16(14-26)31-2/h3-8,12,15-16H,9-11,13-14H2,1-2H3,(H,25,30)/b8-5+. The van der Waals surface area contributed by atoms with Crippen LogP contribution in [0.2, 0.25) is 5.02 Å². The molecule has 0 aliphatic carbocycles. The predicted molar refractivity (Wildman–Crippen MR) is 118 cm³/mol. The van der Waals surface area contributed by atoms with Crippen molar-refractivity contribution in [3.8, 4) is 0 Å². The fourth-order valence-electron chi connectivity index (χ4n) is 3.95. The molecule has 0 radical (unpaired) electrons. The average molecular weight is 444 g/mol. The molecular formula is C22H26ClN5O3. The van der Waals surface area contributed by atoms with Gasteiger partial charge in [0.2, 0.25) is 5.91 Å². The number of imidazole rings is 1. The number of carbonyl (C=O) groups is 2. The molecule has 1 saturated heterocycles. The molecule has 2 aliphatic heterocycles. The molecule has 0 saturated carbocycles. The molecule has 1 fully saturated rings. The van der Waals surface area contributed by atoms with Gasteiger partial charge in [0.1, 0.15) is 11.5 Å². The Morgan fingerprint density at radius 3 is 2.81 bits per heavy atom. The highest BCUT2D eigenvalue weighted by Gasteiger charge is 2.31. The summed E-state index contributed by atoms with van der Waals surface area (Å²) >= 11 is 6.14. The summed E-state index contributed by atoms with van der Waals surface area (Å²) in [6, 6.07) is 6.86. The summed E-state index contributed by atoms with van der Waals surface area (Å²) in [4.78, 5) is 33.9. The summed E-state index contributed by atoms with van der Waals surface area (Å²) in [6.45, 7) is 5.46. The summed E-state index contributed by atoms with van der Waals surface area (Å²) in [7, 11) is 1.72. The van der Waals surface area contributed by atoms with Gasteiger partial charge in [-0.25, -0.2) is 4.98 Å². The van der Waals surface area contributed by atoms with Gasteiger partial charge in [0, 0.05) is 45.9 Å². The fourth-order valence-corrected chi connectivity index (χ4v) is 4.13. The number of nitrogens with one attached hydrogen (secondary N) is 1. The minimum absolute atomic E-state index is 0.0485. The van der Waals surface area contributed by atoms with E-state index in [0.29, 0.717) is 41.4 Å². The van der Waals surface area contributed by atoms with Crippen molar-refractivity contribution in [1.29, 1.82) is 0 Å². The van der Waals surface area contributed by atoms with Gasteiger partial charge < -0.3 is 19.5 Å². The largest absolute Gasteiger partial charge is 0.379 e. The molecule has 1 aromatic heterocycles. The van der Waals surface area contributed by atoms with Crippen molar-refractivity contribution in [1.82, 2.24) is 19.4 Å². The zero-order valence-corrected chi connectivity index (χ0v) is 18.4. The molecule has 1 atom stereocenters. The van der Waals surface area contributed by atoms with E-state index in [1.54, 1.807) is 42.5 Å². The highest BCUT2D eigenvalue weighted by atomic mass is 35.5. The van der Waals surface area contributed by atoms with Gasteiger partial charge >= 0.3 is 0 Å². The van der Waals surface area contributed by atoms with Gasteiger partial charge in [-0.05, 0) is 19.1 Å². The minimum Gasteiger partial charge on any atom is -0.379 e. The quantitative estimate of drug-likeness (QED) is 0.694. The van der Waals surface area contributed by atoms with Gasteiger partial charge in [-0.3, -0.25) is 14.5 Å². The summed E-state index contributed by atoms with van der Waals surface area (Å²) in [5.41, 5.74) is 1.00. The lowest BCUT2D eigenvalue weighted by Crippen LogP contribution is -2.51. The van der Waals surface area contributed by atoms with Crippen molar-refractivity contribution in [2.24, 2.45) is 0 Å².